The van der Waals surface area contributed by atoms with Crippen LogP contribution in [0.15, 0.2) is 24.7 Å². The zero-order chi connectivity index (χ0) is 8.55. The second kappa shape index (κ2) is 2.97. The zero-order valence-corrected chi connectivity index (χ0v) is 8.74. The van der Waals surface area contributed by atoms with E-state index in [9.17, 15) is 0 Å². The fraction of sp³-hybridized carbons (Fsp3) is 0.111. The molecule has 0 N–H and O–H groups in total. The Balaban J connectivity index is 2.95. The Kier molecular flexibility index (Phi) is 1.96. The van der Waals surface area contributed by atoms with E-state index in [4.69, 9.17) is 0 Å². The van der Waals surface area contributed by atoms with Crippen LogP contribution in [0.3, 0.4) is 0 Å². The average Bonchev–Trinajstić information content (AvgIpc) is 2.12. The van der Waals surface area contributed by atoms with Gasteiger partial charge in [0.05, 0.1) is 5.52 Å². The summed E-state index contributed by atoms with van der Waals surface area (Å²) in [5.41, 5.74) is 2.25. The molecule has 0 radical (unpaired) electrons. The molecule has 0 spiro atoms. The van der Waals surface area contributed by atoms with Gasteiger partial charge in [0.1, 0.15) is 6.33 Å². The monoisotopic (exact) mass is 270 g/mol. The van der Waals surface area contributed by atoms with E-state index in [-0.39, 0.29) is 0 Å². The highest BCUT2D eigenvalue weighted by Crippen LogP contribution is 2.20. The quantitative estimate of drug-likeness (QED) is 0.687. The molecule has 0 unspecified atom stereocenters. The molecule has 60 valence electrons. The molecule has 0 amide bonds. The Bertz CT molecular complexity index is 385. The molecule has 1 aromatic carbocycles. The van der Waals surface area contributed by atoms with Gasteiger partial charge >= 0.3 is 0 Å². The molecule has 2 nitrogen and oxygen atoms in total. The van der Waals surface area contributed by atoms with Gasteiger partial charge in [0.2, 0.25) is 0 Å². The van der Waals surface area contributed by atoms with E-state index in [0.29, 0.717) is 0 Å². The Morgan fingerprint density at radius 2 is 2.17 bits per heavy atom. The lowest BCUT2D eigenvalue weighted by Gasteiger charge is -2.00. The molecule has 3 heteroatoms. The molecule has 2 aromatic rings. The van der Waals surface area contributed by atoms with Gasteiger partial charge in [-0.3, -0.25) is 0 Å². The smallest absolute Gasteiger partial charge is 0.116 e. The first-order valence-corrected chi connectivity index (χ1v) is 4.72. The zero-order valence-electron chi connectivity index (χ0n) is 6.58. The number of hydrogen-bond acceptors (Lipinski definition) is 2. The number of aryl methyl sites for hydroxylation is 1. The third-order valence-corrected chi connectivity index (χ3v) is 2.76. The fourth-order valence-electron chi connectivity index (χ4n) is 1.19. The molecule has 0 bridgehead atoms. The summed E-state index contributed by atoms with van der Waals surface area (Å²) in [6.07, 6.45) is 3.45. The van der Waals surface area contributed by atoms with Gasteiger partial charge in [0.15, 0.2) is 0 Å². The van der Waals surface area contributed by atoms with Gasteiger partial charge in [0, 0.05) is 15.2 Å². The van der Waals surface area contributed by atoms with E-state index < -0.39 is 0 Å². The summed E-state index contributed by atoms with van der Waals surface area (Å²) in [4.78, 5) is 8.22. The molecule has 0 aliphatic rings. The number of nitrogens with zero attached hydrogens (tertiary/aromatic N) is 2. The highest BCUT2D eigenvalue weighted by atomic mass is 127. The maximum atomic E-state index is 4.23. The molecule has 12 heavy (non-hydrogen) atoms. The van der Waals surface area contributed by atoms with Crippen molar-refractivity contribution in [3.05, 3.63) is 33.8 Å². The number of fused-ring (bicyclic) bond motifs is 1. The normalized spacial score (nSPS) is 10.5. The van der Waals surface area contributed by atoms with Crippen molar-refractivity contribution in [2.24, 2.45) is 0 Å². The van der Waals surface area contributed by atoms with Crippen LogP contribution in [0, 0.1) is 10.5 Å². The van der Waals surface area contributed by atoms with E-state index in [0.717, 1.165) is 10.9 Å². The first-order chi connectivity index (χ1) is 5.79. The molecular weight excluding hydrogens is 263 g/mol. The Hall–Kier alpha value is -0.710. The van der Waals surface area contributed by atoms with Crippen LogP contribution in [-0.2, 0) is 0 Å². The number of benzene rings is 1. The molecule has 1 heterocycles. The highest BCUT2D eigenvalue weighted by molar-refractivity contribution is 14.1. The van der Waals surface area contributed by atoms with Crippen molar-refractivity contribution in [1.82, 2.24) is 9.97 Å². The predicted octanol–water partition coefficient (Wildman–Crippen LogP) is 2.54. The van der Waals surface area contributed by atoms with Crippen LogP contribution in [0.2, 0.25) is 0 Å². The number of rotatable bonds is 0. The predicted molar refractivity (Wildman–Crippen MR) is 57.0 cm³/mol. The van der Waals surface area contributed by atoms with Gasteiger partial charge in [-0.15, -0.1) is 0 Å². The maximum Gasteiger partial charge on any atom is 0.116 e. The number of halogens is 1. The van der Waals surface area contributed by atoms with Crippen LogP contribution in [0.4, 0.5) is 0 Å². The topological polar surface area (TPSA) is 25.8 Å². The lowest BCUT2D eigenvalue weighted by Crippen LogP contribution is -1.86. The maximum absolute atomic E-state index is 4.23. The van der Waals surface area contributed by atoms with Crippen LogP contribution >= 0.6 is 22.6 Å². The largest absolute Gasteiger partial charge is 0.244 e. The minimum atomic E-state index is 1.05. The molecule has 0 fully saturated rings. The van der Waals surface area contributed by atoms with Crippen molar-refractivity contribution in [2.45, 2.75) is 6.92 Å². The molecule has 0 saturated carbocycles. The van der Waals surface area contributed by atoms with Crippen molar-refractivity contribution < 1.29 is 0 Å². The van der Waals surface area contributed by atoms with Crippen LogP contribution in [0.5, 0.6) is 0 Å². The van der Waals surface area contributed by atoms with Crippen LogP contribution in [0.25, 0.3) is 10.9 Å². The minimum Gasteiger partial charge on any atom is -0.244 e. The van der Waals surface area contributed by atoms with Gasteiger partial charge in [0.25, 0.3) is 0 Å². The molecule has 0 aliphatic heterocycles. The van der Waals surface area contributed by atoms with Crippen LogP contribution in [-0.4, -0.2) is 9.97 Å². The summed E-state index contributed by atoms with van der Waals surface area (Å²) in [6.45, 7) is 2.06. The first kappa shape index (κ1) is 7.91. The van der Waals surface area contributed by atoms with Crippen molar-refractivity contribution in [2.75, 3.05) is 0 Å². The third-order valence-electron chi connectivity index (χ3n) is 1.82. The number of hydrogen-bond donors (Lipinski definition) is 0. The standard InChI is InChI=1S/C9H7IN2/c1-6-2-3-8(10)7-4-11-5-12-9(6)7/h2-5H,1H3. The van der Waals surface area contributed by atoms with Gasteiger partial charge in [-0.05, 0) is 41.1 Å². The van der Waals surface area contributed by atoms with Crippen LogP contribution in [0.1, 0.15) is 5.56 Å². The van der Waals surface area contributed by atoms with Gasteiger partial charge in [-0.1, -0.05) is 6.07 Å². The number of aromatic nitrogens is 2. The fourth-order valence-corrected chi connectivity index (χ4v) is 1.76. The Morgan fingerprint density at radius 3 is 2.92 bits per heavy atom. The summed E-state index contributed by atoms with van der Waals surface area (Å²) in [7, 11) is 0. The summed E-state index contributed by atoms with van der Waals surface area (Å²) >= 11 is 2.29. The minimum absolute atomic E-state index is 1.05. The van der Waals surface area contributed by atoms with Crippen molar-refractivity contribution in [3.63, 3.8) is 0 Å². The third kappa shape index (κ3) is 1.18. The van der Waals surface area contributed by atoms with Gasteiger partial charge < -0.3 is 0 Å². The van der Waals surface area contributed by atoms with Crippen molar-refractivity contribution in [3.8, 4) is 0 Å². The second-order valence-electron chi connectivity index (χ2n) is 2.65. The lowest BCUT2D eigenvalue weighted by molar-refractivity contribution is 1.21. The van der Waals surface area contributed by atoms with Crippen molar-refractivity contribution in [1.29, 1.82) is 0 Å². The van der Waals surface area contributed by atoms with Crippen molar-refractivity contribution >= 4 is 33.5 Å². The van der Waals surface area contributed by atoms with E-state index in [1.807, 2.05) is 6.20 Å². The molecule has 0 saturated heterocycles. The van der Waals surface area contributed by atoms with E-state index in [1.54, 1.807) is 6.33 Å². The van der Waals surface area contributed by atoms with Gasteiger partial charge in [-0.25, -0.2) is 9.97 Å². The Morgan fingerprint density at radius 1 is 1.33 bits per heavy atom. The SMILES string of the molecule is Cc1ccc(I)c2cncnc12. The molecule has 1 aromatic heterocycles. The van der Waals surface area contributed by atoms with E-state index in [1.165, 1.54) is 9.13 Å². The summed E-state index contributed by atoms with van der Waals surface area (Å²) < 4.78 is 1.20. The molecule has 0 aliphatic carbocycles. The Labute approximate surface area is 84.2 Å². The summed E-state index contributed by atoms with van der Waals surface area (Å²) in [5, 5.41) is 1.14. The lowest BCUT2D eigenvalue weighted by atomic mass is 10.1. The first-order valence-electron chi connectivity index (χ1n) is 3.64. The summed E-state index contributed by atoms with van der Waals surface area (Å²) in [5.74, 6) is 0. The molecule has 0 atom stereocenters. The molecular formula is C9H7IN2. The highest BCUT2D eigenvalue weighted by Gasteiger charge is 2.00. The van der Waals surface area contributed by atoms with Crippen LogP contribution < -0.4 is 0 Å². The van der Waals surface area contributed by atoms with E-state index in [2.05, 4.69) is 51.6 Å². The van der Waals surface area contributed by atoms with Gasteiger partial charge in [-0.2, -0.15) is 0 Å². The summed E-state index contributed by atoms with van der Waals surface area (Å²) in [6, 6.07) is 4.17. The molecule has 2 rings (SSSR count). The average molecular weight is 270 g/mol. The van der Waals surface area contributed by atoms with E-state index >= 15 is 0 Å². The second-order valence-corrected chi connectivity index (χ2v) is 3.81.